The molecule has 1 saturated heterocycles. The standard InChI is InChI=1S/C22H28N4O/c1-5-19-13-20(24-15-27)6-7-21(19)18(4)25-8-10-26(11-9-25)22-17(3)12-16(2)14-23-22/h6-7,12-15H,4-5,8-11H2,1-3H3,(H,24,27). The molecule has 3 rings (SSSR count). The van der Waals surface area contributed by atoms with Crippen LogP contribution in [0.1, 0.15) is 29.2 Å². The van der Waals surface area contributed by atoms with Crippen molar-refractivity contribution < 1.29 is 4.79 Å². The van der Waals surface area contributed by atoms with Gasteiger partial charge in [-0.2, -0.15) is 0 Å². The van der Waals surface area contributed by atoms with Crippen LogP contribution in [0.2, 0.25) is 0 Å². The number of aryl methyl sites for hydroxylation is 3. The number of carbonyl (C=O) groups excluding carboxylic acids is 1. The number of hydrogen-bond donors (Lipinski definition) is 1. The first-order valence-corrected chi connectivity index (χ1v) is 9.49. The molecular weight excluding hydrogens is 336 g/mol. The fourth-order valence-electron chi connectivity index (χ4n) is 3.72. The maximum absolute atomic E-state index is 10.7. The van der Waals surface area contributed by atoms with Crippen molar-refractivity contribution in [3.8, 4) is 0 Å². The molecule has 0 aliphatic carbocycles. The highest BCUT2D eigenvalue weighted by Gasteiger charge is 2.21. The Morgan fingerprint density at radius 3 is 2.59 bits per heavy atom. The Balaban J connectivity index is 1.70. The number of nitrogens with one attached hydrogen (secondary N) is 1. The van der Waals surface area contributed by atoms with Crippen LogP contribution >= 0.6 is 0 Å². The van der Waals surface area contributed by atoms with E-state index < -0.39 is 0 Å². The van der Waals surface area contributed by atoms with Crippen molar-refractivity contribution in [2.75, 3.05) is 36.4 Å². The average Bonchev–Trinajstić information content (AvgIpc) is 2.68. The van der Waals surface area contributed by atoms with Gasteiger partial charge in [-0.1, -0.05) is 25.6 Å². The highest BCUT2D eigenvalue weighted by molar-refractivity contribution is 5.74. The van der Waals surface area contributed by atoms with Gasteiger partial charge in [-0.3, -0.25) is 4.79 Å². The lowest BCUT2D eigenvalue weighted by Crippen LogP contribution is -2.46. The summed E-state index contributed by atoms with van der Waals surface area (Å²) < 4.78 is 0. The second kappa shape index (κ2) is 8.25. The quantitative estimate of drug-likeness (QED) is 0.796. The monoisotopic (exact) mass is 364 g/mol. The van der Waals surface area contributed by atoms with Crippen LogP contribution in [-0.2, 0) is 11.2 Å². The first-order chi connectivity index (χ1) is 13.0. The van der Waals surface area contributed by atoms with Gasteiger partial charge in [0, 0.05) is 49.3 Å². The minimum Gasteiger partial charge on any atom is -0.368 e. The molecule has 1 N–H and O–H groups in total. The average molecular weight is 364 g/mol. The fourth-order valence-corrected chi connectivity index (χ4v) is 3.72. The van der Waals surface area contributed by atoms with Crippen molar-refractivity contribution in [2.24, 2.45) is 0 Å². The summed E-state index contributed by atoms with van der Waals surface area (Å²) in [6.07, 6.45) is 3.55. The van der Waals surface area contributed by atoms with Gasteiger partial charge in [-0.05, 0) is 49.1 Å². The molecule has 1 fully saturated rings. The summed E-state index contributed by atoms with van der Waals surface area (Å²) in [6, 6.07) is 8.22. The lowest BCUT2D eigenvalue weighted by Gasteiger charge is -2.38. The third-order valence-electron chi connectivity index (χ3n) is 5.17. The van der Waals surface area contributed by atoms with Crippen LogP contribution in [-0.4, -0.2) is 42.5 Å². The Morgan fingerprint density at radius 2 is 1.96 bits per heavy atom. The molecule has 1 aromatic carbocycles. The lowest BCUT2D eigenvalue weighted by molar-refractivity contribution is -0.105. The molecule has 0 radical (unpaired) electrons. The van der Waals surface area contributed by atoms with Crippen molar-refractivity contribution in [2.45, 2.75) is 27.2 Å². The number of hydrogen-bond acceptors (Lipinski definition) is 4. The molecule has 1 aliphatic heterocycles. The molecule has 0 atom stereocenters. The molecule has 0 saturated carbocycles. The predicted octanol–water partition coefficient (Wildman–Crippen LogP) is 3.62. The zero-order valence-electron chi connectivity index (χ0n) is 16.5. The van der Waals surface area contributed by atoms with Crippen molar-refractivity contribution in [3.05, 3.63) is 59.3 Å². The van der Waals surface area contributed by atoms with Crippen molar-refractivity contribution in [1.82, 2.24) is 9.88 Å². The third kappa shape index (κ3) is 4.13. The topological polar surface area (TPSA) is 48.5 Å². The molecule has 5 nitrogen and oxygen atoms in total. The number of amides is 1. The Morgan fingerprint density at radius 1 is 1.22 bits per heavy atom. The van der Waals surface area contributed by atoms with E-state index in [1.807, 2.05) is 18.3 Å². The minimum atomic E-state index is 0.712. The highest BCUT2D eigenvalue weighted by Crippen LogP contribution is 2.27. The molecule has 1 amide bonds. The van der Waals surface area contributed by atoms with Gasteiger partial charge in [-0.25, -0.2) is 4.98 Å². The summed E-state index contributed by atoms with van der Waals surface area (Å²) in [7, 11) is 0. The number of piperazine rings is 1. The van der Waals surface area contributed by atoms with Gasteiger partial charge in [0.05, 0.1) is 0 Å². The van der Waals surface area contributed by atoms with Crippen molar-refractivity contribution in [3.63, 3.8) is 0 Å². The van der Waals surface area contributed by atoms with E-state index in [2.05, 4.69) is 59.6 Å². The molecule has 2 aromatic rings. The molecule has 1 aliphatic rings. The van der Waals surface area contributed by atoms with Gasteiger partial charge in [0.15, 0.2) is 0 Å². The van der Waals surface area contributed by atoms with E-state index in [4.69, 9.17) is 0 Å². The van der Waals surface area contributed by atoms with Gasteiger partial charge < -0.3 is 15.1 Å². The first-order valence-electron chi connectivity index (χ1n) is 9.49. The molecule has 2 heterocycles. The van der Waals surface area contributed by atoms with Gasteiger partial charge in [0.25, 0.3) is 0 Å². The largest absolute Gasteiger partial charge is 0.368 e. The van der Waals surface area contributed by atoms with E-state index in [0.29, 0.717) is 6.41 Å². The number of carbonyl (C=O) groups is 1. The molecular formula is C22H28N4O. The molecule has 0 unspecified atom stereocenters. The Labute approximate surface area is 161 Å². The van der Waals surface area contributed by atoms with E-state index in [-0.39, 0.29) is 0 Å². The van der Waals surface area contributed by atoms with Gasteiger partial charge >= 0.3 is 0 Å². The van der Waals surface area contributed by atoms with E-state index >= 15 is 0 Å². The number of benzene rings is 1. The fraction of sp³-hybridized carbons (Fsp3) is 0.364. The van der Waals surface area contributed by atoms with E-state index in [1.165, 1.54) is 16.7 Å². The lowest BCUT2D eigenvalue weighted by atomic mass is 10.0. The summed E-state index contributed by atoms with van der Waals surface area (Å²) in [5, 5.41) is 2.72. The summed E-state index contributed by atoms with van der Waals surface area (Å²) in [4.78, 5) is 20.0. The van der Waals surface area contributed by atoms with E-state index in [0.717, 1.165) is 55.4 Å². The Kier molecular flexibility index (Phi) is 5.79. The van der Waals surface area contributed by atoms with Crippen LogP contribution < -0.4 is 10.2 Å². The van der Waals surface area contributed by atoms with Crippen molar-refractivity contribution in [1.29, 1.82) is 0 Å². The SMILES string of the molecule is C=C(c1ccc(NC=O)cc1CC)N1CCN(c2ncc(C)cc2C)CC1. The van der Waals surface area contributed by atoms with Crippen LogP contribution in [0, 0.1) is 13.8 Å². The van der Waals surface area contributed by atoms with Gasteiger partial charge in [-0.15, -0.1) is 0 Å². The number of anilines is 2. The van der Waals surface area contributed by atoms with Crippen LogP contribution in [0.15, 0.2) is 37.0 Å². The van der Waals surface area contributed by atoms with Gasteiger partial charge in [0.2, 0.25) is 6.41 Å². The summed E-state index contributed by atoms with van der Waals surface area (Å²) in [5.74, 6) is 1.09. The summed E-state index contributed by atoms with van der Waals surface area (Å²) in [5.41, 5.74) is 6.66. The van der Waals surface area contributed by atoms with Gasteiger partial charge in [0.1, 0.15) is 5.82 Å². The maximum Gasteiger partial charge on any atom is 0.211 e. The molecule has 5 heteroatoms. The first kappa shape index (κ1) is 19.0. The Bertz CT molecular complexity index is 838. The number of rotatable bonds is 6. The molecule has 0 bridgehead atoms. The van der Waals surface area contributed by atoms with Crippen LogP contribution in [0.3, 0.4) is 0 Å². The zero-order chi connectivity index (χ0) is 19.4. The van der Waals surface area contributed by atoms with E-state index in [1.54, 1.807) is 0 Å². The second-order valence-electron chi connectivity index (χ2n) is 7.06. The minimum absolute atomic E-state index is 0.712. The van der Waals surface area contributed by atoms with Crippen molar-refractivity contribution >= 4 is 23.6 Å². The predicted molar refractivity (Wildman–Crippen MR) is 112 cm³/mol. The number of nitrogens with zero attached hydrogens (tertiary/aromatic N) is 3. The number of pyridine rings is 1. The van der Waals surface area contributed by atoms with Crippen LogP contribution in [0.4, 0.5) is 11.5 Å². The van der Waals surface area contributed by atoms with Crippen LogP contribution in [0.25, 0.3) is 5.70 Å². The summed E-state index contributed by atoms with van der Waals surface area (Å²) >= 11 is 0. The highest BCUT2D eigenvalue weighted by atomic mass is 16.1. The molecule has 1 aromatic heterocycles. The molecule has 0 spiro atoms. The zero-order valence-corrected chi connectivity index (χ0v) is 16.5. The second-order valence-corrected chi connectivity index (χ2v) is 7.06. The maximum atomic E-state index is 10.7. The smallest absolute Gasteiger partial charge is 0.211 e. The summed E-state index contributed by atoms with van der Waals surface area (Å²) in [6.45, 7) is 14.4. The molecule has 27 heavy (non-hydrogen) atoms. The normalized spacial score (nSPS) is 14.2. The third-order valence-corrected chi connectivity index (χ3v) is 5.17. The van der Waals surface area contributed by atoms with Crippen LogP contribution in [0.5, 0.6) is 0 Å². The Hall–Kier alpha value is -2.82. The van der Waals surface area contributed by atoms with E-state index in [9.17, 15) is 4.79 Å². The molecule has 142 valence electrons. The number of aromatic nitrogens is 1.